The van der Waals surface area contributed by atoms with Gasteiger partial charge in [0.1, 0.15) is 5.75 Å². The van der Waals surface area contributed by atoms with Gasteiger partial charge >= 0.3 is 0 Å². The highest BCUT2D eigenvalue weighted by atomic mass is 19.1. The number of para-hydroxylation sites is 1. The molecule has 0 unspecified atom stereocenters. The minimum Gasteiger partial charge on any atom is -0.454 e. The molecule has 0 fully saturated rings. The lowest BCUT2D eigenvalue weighted by molar-refractivity contribution is 0.404. The minimum absolute atomic E-state index is 0.0343. The third-order valence-corrected chi connectivity index (χ3v) is 3.10. The number of ether oxygens (including phenoxy) is 1. The third-order valence-electron chi connectivity index (χ3n) is 3.10. The van der Waals surface area contributed by atoms with Crippen LogP contribution in [0.1, 0.15) is 31.9 Å². The minimum atomic E-state index is -0.344. The van der Waals surface area contributed by atoms with Crippen LogP contribution in [0.15, 0.2) is 42.5 Å². The van der Waals surface area contributed by atoms with Gasteiger partial charge in [0, 0.05) is 17.6 Å². The highest BCUT2D eigenvalue weighted by Gasteiger charge is 2.14. The van der Waals surface area contributed by atoms with Gasteiger partial charge in [-0.05, 0) is 45.9 Å². The topological polar surface area (TPSA) is 21.3 Å². The first-order valence-corrected chi connectivity index (χ1v) is 7.12. The van der Waals surface area contributed by atoms with Gasteiger partial charge in [0.15, 0.2) is 11.6 Å². The Balaban J connectivity index is 2.23. The maximum Gasteiger partial charge on any atom is 0.167 e. The highest BCUT2D eigenvalue weighted by Crippen LogP contribution is 2.29. The van der Waals surface area contributed by atoms with Crippen LogP contribution in [0.4, 0.5) is 4.39 Å². The number of hydrogen-bond acceptors (Lipinski definition) is 2. The summed E-state index contributed by atoms with van der Waals surface area (Å²) >= 11 is 0. The summed E-state index contributed by atoms with van der Waals surface area (Å²) in [4.78, 5) is 0. The molecule has 0 spiro atoms. The molecular weight excluding hydrogens is 265 g/mol. The van der Waals surface area contributed by atoms with E-state index < -0.39 is 0 Å². The Hall–Kier alpha value is -1.87. The van der Waals surface area contributed by atoms with Crippen molar-refractivity contribution in [3.8, 4) is 11.5 Å². The largest absolute Gasteiger partial charge is 0.454 e. The average molecular weight is 287 g/mol. The predicted octanol–water partition coefficient (Wildman–Crippen LogP) is 4.81. The summed E-state index contributed by atoms with van der Waals surface area (Å²) in [5.74, 6) is 0.588. The summed E-state index contributed by atoms with van der Waals surface area (Å²) in [6.45, 7) is 8.79. The molecule has 1 N–H and O–H groups in total. The van der Waals surface area contributed by atoms with Gasteiger partial charge in [-0.25, -0.2) is 4.39 Å². The van der Waals surface area contributed by atoms with E-state index in [9.17, 15) is 4.39 Å². The van der Waals surface area contributed by atoms with Crippen molar-refractivity contribution >= 4 is 0 Å². The fourth-order valence-electron chi connectivity index (χ4n) is 1.89. The first-order valence-electron chi connectivity index (χ1n) is 7.12. The molecule has 0 atom stereocenters. The van der Waals surface area contributed by atoms with Crippen molar-refractivity contribution in [2.75, 3.05) is 0 Å². The van der Waals surface area contributed by atoms with Gasteiger partial charge in [-0.2, -0.15) is 0 Å². The van der Waals surface area contributed by atoms with E-state index in [1.54, 1.807) is 6.07 Å². The van der Waals surface area contributed by atoms with Gasteiger partial charge in [0.2, 0.25) is 0 Å². The second-order valence-electron chi connectivity index (χ2n) is 6.25. The lowest BCUT2D eigenvalue weighted by Gasteiger charge is -2.21. The first-order chi connectivity index (χ1) is 9.85. The molecule has 112 valence electrons. The van der Waals surface area contributed by atoms with Crippen LogP contribution in [0.3, 0.4) is 0 Å². The van der Waals surface area contributed by atoms with E-state index >= 15 is 0 Å². The monoisotopic (exact) mass is 287 g/mol. The van der Waals surface area contributed by atoms with Gasteiger partial charge in [-0.15, -0.1) is 0 Å². The molecule has 0 bridgehead atoms. The Morgan fingerprint density at radius 1 is 1.05 bits per heavy atom. The molecule has 0 aliphatic rings. The fraction of sp³-hybridized carbons (Fsp3) is 0.333. The van der Waals surface area contributed by atoms with E-state index in [1.165, 1.54) is 6.07 Å². The van der Waals surface area contributed by atoms with Gasteiger partial charge in [0.05, 0.1) is 0 Å². The molecule has 2 nitrogen and oxygen atoms in total. The zero-order valence-corrected chi connectivity index (χ0v) is 13.0. The Morgan fingerprint density at radius 2 is 1.71 bits per heavy atom. The summed E-state index contributed by atoms with van der Waals surface area (Å²) in [7, 11) is 0. The normalized spacial score (nSPS) is 11.5. The van der Waals surface area contributed by atoms with Crippen LogP contribution in [0.25, 0.3) is 0 Å². The quantitative estimate of drug-likeness (QED) is 0.871. The summed E-state index contributed by atoms with van der Waals surface area (Å²) in [5.41, 5.74) is 1.92. The Labute approximate surface area is 126 Å². The lowest BCUT2D eigenvalue weighted by atomic mass is 10.1. The molecule has 0 radical (unpaired) electrons. The van der Waals surface area contributed by atoms with Gasteiger partial charge < -0.3 is 10.1 Å². The number of aryl methyl sites for hydroxylation is 1. The standard InChI is InChI=1S/C18H22FNO/c1-13-8-10-15(11-9-13)21-17-14(6-5-7-16(17)19)12-20-18(2,3)4/h5-11,20H,12H2,1-4H3. The summed E-state index contributed by atoms with van der Waals surface area (Å²) < 4.78 is 19.8. The molecule has 2 rings (SSSR count). The number of rotatable bonds is 4. The molecule has 0 aliphatic heterocycles. The van der Waals surface area contributed by atoms with Crippen LogP contribution in [-0.2, 0) is 6.54 Å². The van der Waals surface area contributed by atoms with Crippen molar-refractivity contribution in [3.63, 3.8) is 0 Å². The van der Waals surface area contributed by atoms with Crippen molar-refractivity contribution in [3.05, 3.63) is 59.4 Å². The molecule has 0 heterocycles. The van der Waals surface area contributed by atoms with Gasteiger partial charge in [0.25, 0.3) is 0 Å². The van der Waals surface area contributed by atoms with E-state index in [0.717, 1.165) is 11.1 Å². The predicted molar refractivity (Wildman–Crippen MR) is 84.2 cm³/mol. The van der Waals surface area contributed by atoms with E-state index in [1.807, 2.05) is 37.3 Å². The van der Waals surface area contributed by atoms with Gasteiger partial charge in [-0.1, -0.05) is 29.8 Å². The molecule has 0 aromatic heterocycles. The Morgan fingerprint density at radius 3 is 2.33 bits per heavy atom. The maximum absolute atomic E-state index is 14.1. The van der Waals surface area contributed by atoms with E-state index in [4.69, 9.17) is 4.74 Å². The second-order valence-corrected chi connectivity index (χ2v) is 6.25. The van der Waals surface area contributed by atoms with Gasteiger partial charge in [-0.3, -0.25) is 0 Å². The molecule has 0 aliphatic carbocycles. The van der Waals surface area contributed by atoms with Crippen molar-refractivity contribution in [2.24, 2.45) is 0 Å². The average Bonchev–Trinajstić information content (AvgIpc) is 2.41. The van der Waals surface area contributed by atoms with Crippen LogP contribution in [0.5, 0.6) is 11.5 Å². The molecule has 2 aromatic rings. The zero-order chi connectivity index (χ0) is 15.5. The summed E-state index contributed by atoms with van der Waals surface area (Å²) in [5, 5.41) is 3.35. The molecule has 3 heteroatoms. The van der Waals surface area contributed by atoms with Crippen LogP contribution < -0.4 is 10.1 Å². The molecule has 0 amide bonds. The lowest BCUT2D eigenvalue weighted by Crippen LogP contribution is -2.35. The molecular formula is C18H22FNO. The first kappa shape index (κ1) is 15.5. The number of hydrogen-bond donors (Lipinski definition) is 1. The number of halogens is 1. The molecule has 2 aromatic carbocycles. The zero-order valence-electron chi connectivity index (χ0n) is 13.0. The Bertz CT molecular complexity index is 600. The number of benzene rings is 2. The summed E-state index contributed by atoms with van der Waals surface area (Å²) in [6, 6.07) is 12.6. The van der Waals surface area contributed by atoms with E-state index in [0.29, 0.717) is 12.3 Å². The van der Waals surface area contributed by atoms with Crippen LogP contribution in [0, 0.1) is 12.7 Å². The van der Waals surface area contributed by atoms with Crippen molar-refractivity contribution in [1.82, 2.24) is 5.32 Å². The second kappa shape index (κ2) is 6.27. The molecule has 0 saturated carbocycles. The Kier molecular flexibility index (Phi) is 4.63. The highest BCUT2D eigenvalue weighted by molar-refractivity contribution is 5.39. The van der Waals surface area contributed by atoms with Crippen LogP contribution >= 0.6 is 0 Å². The van der Waals surface area contributed by atoms with E-state index in [-0.39, 0.29) is 17.1 Å². The third kappa shape index (κ3) is 4.57. The van der Waals surface area contributed by atoms with Crippen molar-refractivity contribution in [2.45, 2.75) is 39.8 Å². The smallest absolute Gasteiger partial charge is 0.167 e. The maximum atomic E-state index is 14.1. The summed E-state index contributed by atoms with van der Waals surface area (Å²) in [6.07, 6.45) is 0. The van der Waals surface area contributed by atoms with Crippen molar-refractivity contribution < 1.29 is 9.13 Å². The van der Waals surface area contributed by atoms with Crippen LogP contribution in [-0.4, -0.2) is 5.54 Å². The van der Waals surface area contributed by atoms with Crippen molar-refractivity contribution in [1.29, 1.82) is 0 Å². The molecule has 0 saturated heterocycles. The SMILES string of the molecule is Cc1ccc(Oc2c(F)cccc2CNC(C)(C)C)cc1. The van der Waals surface area contributed by atoms with E-state index in [2.05, 4.69) is 26.1 Å². The molecule has 21 heavy (non-hydrogen) atoms. The van der Waals surface area contributed by atoms with Crippen LogP contribution in [0.2, 0.25) is 0 Å². The fourth-order valence-corrected chi connectivity index (χ4v) is 1.89. The number of nitrogens with one attached hydrogen (secondary N) is 1.